The van der Waals surface area contributed by atoms with Gasteiger partial charge in [0.15, 0.2) is 0 Å². The molecule has 24 heavy (non-hydrogen) atoms. The quantitative estimate of drug-likeness (QED) is 0.427. The Kier molecular flexibility index (Phi) is 5.49. The number of amides is 1. The van der Waals surface area contributed by atoms with E-state index in [1.807, 2.05) is 18.2 Å². The maximum absolute atomic E-state index is 12.3. The van der Waals surface area contributed by atoms with Crippen molar-refractivity contribution in [1.82, 2.24) is 5.32 Å². The molecule has 0 spiro atoms. The lowest BCUT2D eigenvalue weighted by Crippen LogP contribution is -2.34. The number of nitrogen functional groups attached to an aromatic ring is 1. The van der Waals surface area contributed by atoms with E-state index in [1.165, 1.54) is 18.2 Å². The van der Waals surface area contributed by atoms with Crippen molar-refractivity contribution in [2.75, 3.05) is 5.73 Å². The average Bonchev–Trinajstić information content (AvgIpc) is 2.55. The Hall–Kier alpha value is -2.93. The number of anilines is 1. The van der Waals surface area contributed by atoms with Crippen LogP contribution in [0.2, 0.25) is 0 Å². The number of nitro benzene ring substituents is 1. The molecule has 0 heterocycles. The topological polar surface area (TPSA) is 118 Å². The molecular formula is C17H19N3O4. The molecule has 0 saturated heterocycles. The summed E-state index contributed by atoms with van der Waals surface area (Å²) in [6.45, 7) is 1.75. The van der Waals surface area contributed by atoms with Gasteiger partial charge in [0.1, 0.15) is 5.69 Å². The summed E-state index contributed by atoms with van der Waals surface area (Å²) in [6, 6.07) is 12.9. The Bertz CT molecular complexity index is 734. The van der Waals surface area contributed by atoms with Gasteiger partial charge < -0.3 is 16.2 Å². The van der Waals surface area contributed by atoms with E-state index in [-0.39, 0.29) is 23.0 Å². The van der Waals surface area contributed by atoms with Crippen molar-refractivity contribution in [3.05, 3.63) is 69.8 Å². The van der Waals surface area contributed by atoms with Crippen molar-refractivity contribution in [2.24, 2.45) is 0 Å². The van der Waals surface area contributed by atoms with Crippen LogP contribution in [0.3, 0.4) is 0 Å². The second-order valence-corrected chi connectivity index (χ2v) is 5.53. The van der Waals surface area contributed by atoms with Gasteiger partial charge in [-0.2, -0.15) is 0 Å². The summed E-state index contributed by atoms with van der Waals surface area (Å²) in [5.74, 6) is -0.510. The maximum atomic E-state index is 12.3. The summed E-state index contributed by atoms with van der Waals surface area (Å²) in [6.07, 6.45) is -0.408. The van der Waals surface area contributed by atoms with Crippen molar-refractivity contribution < 1.29 is 14.8 Å². The van der Waals surface area contributed by atoms with E-state index in [9.17, 15) is 20.0 Å². The van der Waals surface area contributed by atoms with E-state index in [4.69, 9.17) is 5.73 Å². The first-order valence-corrected chi connectivity index (χ1v) is 7.47. The zero-order valence-corrected chi connectivity index (χ0v) is 13.2. The van der Waals surface area contributed by atoms with Crippen molar-refractivity contribution in [3.8, 4) is 0 Å². The van der Waals surface area contributed by atoms with E-state index in [1.54, 1.807) is 19.1 Å². The number of carbonyl (C=O) groups excluding carboxylic acids is 1. The number of nitrogens with two attached hydrogens (primary N) is 1. The molecule has 2 unspecified atom stereocenters. The smallest absolute Gasteiger partial charge is 0.292 e. The van der Waals surface area contributed by atoms with Crippen LogP contribution in [-0.2, 0) is 0 Å². The lowest BCUT2D eigenvalue weighted by Gasteiger charge is -2.18. The molecule has 1 amide bonds. The summed E-state index contributed by atoms with van der Waals surface area (Å²) in [5.41, 5.74) is 6.03. The maximum Gasteiger partial charge on any atom is 0.292 e. The Morgan fingerprint density at radius 2 is 1.92 bits per heavy atom. The summed E-state index contributed by atoms with van der Waals surface area (Å²) in [7, 11) is 0. The average molecular weight is 329 g/mol. The summed E-state index contributed by atoms with van der Waals surface area (Å²) < 4.78 is 0. The van der Waals surface area contributed by atoms with Crippen molar-refractivity contribution >= 4 is 17.3 Å². The highest BCUT2D eigenvalue weighted by atomic mass is 16.6. The van der Waals surface area contributed by atoms with Gasteiger partial charge in [-0.05, 0) is 25.0 Å². The highest BCUT2D eigenvalue weighted by molar-refractivity contribution is 6.01. The zero-order valence-electron chi connectivity index (χ0n) is 13.2. The molecule has 2 aromatic rings. The van der Waals surface area contributed by atoms with Crippen LogP contribution in [0, 0.1) is 10.1 Å². The molecule has 2 aromatic carbocycles. The van der Waals surface area contributed by atoms with Crippen LogP contribution < -0.4 is 11.1 Å². The van der Waals surface area contributed by atoms with E-state index >= 15 is 0 Å². The van der Waals surface area contributed by atoms with Crippen LogP contribution in [0.25, 0.3) is 0 Å². The van der Waals surface area contributed by atoms with Crippen molar-refractivity contribution in [3.63, 3.8) is 0 Å². The summed E-state index contributed by atoms with van der Waals surface area (Å²) in [5, 5.41) is 23.8. The Balaban J connectivity index is 2.04. The molecule has 0 aliphatic carbocycles. The lowest BCUT2D eigenvalue weighted by molar-refractivity contribution is -0.383. The molecule has 0 aromatic heterocycles. The first kappa shape index (κ1) is 17.4. The molecule has 2 atom stereocenters. The van der Waals surface area contributed by atoms with Gasteiger partial charge in [0.05, 0.1) is 16.6 Å². The van der Waals surface area contributed by atoms with Gasteiger partial charge in [-0.3, -0.25) is 14.9 Å². The Morgan fingerprint density at radius 1 is 1.25 bits per heavy atom. The van der Waals surface area contributed by atoms with Gasteiger partial charge >= 0.3 is 0 Å². The molecule has 7 nitrogen and oxygen atoms in total. The molecule has 2 rings (SSSR count). The Morgan fingerprint density at radius 3 is 2.54 bits per heavy atom. The van der Waals surface area contributed by atoms with E-state index < -0.39 is 16.9 Å². The third-order valence-electron chi connectivity index (χ3n) is 3.66. The van der Waals surface area contributed by atoms with Gasteiger partial charge in [-0.15, -0.1) is 0 Å². The van der Waals surface area contributed by atoms with Gasteiger partial charge in [0.2, 0.25) is 0 Å². The second kappa shape index (κ2) is 7.56. The SMILES string of the molecule is CC(CC(O)c1ccccc1)NC(=O)c1cccc([N+](=O)[O-])c1N. The van der Waals surface area contributed by atoms with Crippen LogP contribution in [0.15, 0.2) is 48.5 Å². The number of rotatable bonds is 6. The number of carbonyl (C=O) groups is 1. The number of aliphatic hydroxyl groups is 1. The first-order chi connectivity index (χ1) is 11.4. The lowest BCUT2D eigenvalue weighted by atomic mass is 10.0. The van der Waals surface area contributed by atoms with Crippen LogP contribution in [0.1, 0.15) is 35.4 Å². The molecule has 0 fully saturated rings. The fourth-order valence-electron chi connectivity index (χ4n) is 2.42. The van der Waals surface area contributed by atoms with Gasteiger partial charge in [0, 0.05) is 12.1 Å². The van der Waals surface area contributed by atoms with Gasteiger partial charge in [-0.1, -0.05) is 36.4 Å². The van der Waals surface area contributed by atoms with Crippen LogP contribution in [0.4, 0.5) is 11.4 Å². The monoisotopic (exact) mass is 329 g/mol. The number of hydrogen-bond acceptors (Lipinski definition) is 5. The minimum atomic E-state index is -0.719. The normalized spacial score (nSPS) is 13.1. The summed E-state index contributed by atoms with van der Waals surface area (Å²) in [4.78, 5) is 22.5. The summed E-state index contributed by atoms with van der Waals surface area (Å²) >= 11 is 0. The molecule has 0 aliphatic rings. The zero-order chi connectivity index (χ0) is 17.7. The minimum Gasteiger partial charge on any atom is -0.393 e. The second-order valence-electron chi connectivity index (χ2n) is 5.53. The minimum absolute atomic E-state index is 0.0465. The molecule has 0 saturated carbocycles. The fourth-order valence-corrected chi connectivity index (χ4v) is 2.42. The number of nitrogens with one attached hydrogen (secondary N) is 1. The number of nitro groups is 1. The molecular weight excluding hydrogens is 310 g/mol. The van der Waals surface area contributed by atoms with E-state index in [0.29, 0.717) is 6.42 Å². The number of nitrogens with zero attached hydrogens (tertiary/aromatic N) is 1. The number of para-hydroxylation sites is 1. The third kappa shape index (κ3) is 4.08. The number of benzene rings is 2. The molecule has 126 valence electrons. The molecule has 7 heteroatoms. The number of aliphatic hydroxyl groups excluding tert-OH is 1. The molecule has 0 radical (unpaired) electrons. The standard InChI is InChI=1S/C17H19N3O4/c1-11(10-15(21)12-6-3-2-4-7-12)19-17(22)13-8-5-9-14(16(13)18)20(23)24/h2-9,11,15,21H,10,18H2,1H3,(H,19,22). The first-order valence-electron chi connectivity index (χ1n) is 7.47. The van der Waals surface area contributed by atoms with Crippen LogP contribution in [-0.4, -0.2) is 22.0 Å². The molecule has 4 N–H and O–H groups in total. The van der Waals surface area contributed by atoms with Crippen LogP contribution >= 0.6 is 0 Å². The molecule has 0 bridgehead atoms. The predicted molar refractivity (Wildman–Crippen MR) is 90.5 cm³/mol. The van der Waals surface area contributed by atoms with E-state index in [2.05, 4.69) is 5.32 Å². The van der Waals surface area contributed by atoms with Crippen molar-refractivity contribution in [2.45, 2.75) is 25.5 Å². The largest absolute Gasteiger partial charge is 0.393 e. The Labute approximate surface area is 139 Å². The fraction of sp³-hybridized carbons (Fsp3) is 0.235. The van der Waals surface area contributed by atoms with Crippen LogP contribution in [0.5, 0.6) is 0 Å². The predicted octanol–water partition coefficient (Wildman–Crippen LogP) is 2.42. The van der Waals surface area contributed by atoms with Gasteiger partial charge in [-0.25, -0.2) is 0 Å². The molecule has 0 aliphatic heterocycles. The third-order valence-corrected chi connectivity index (χ3v) is 3.66. The highest BCUT2D eigenvalue weighted by Crippen LogP contribution is 2.25. The number of hydrogen-bond donors (Lipinski definition) is 3. The highest BCUT2D eigenvalue weighted by Gasteiger charge is 2.21. The van der Waals surface area contributed by atoms with E-state index in [0.717, 1.165) is 5.56 Å². The van der Waals surface area contributed by atoms with Crippen molar-refractivity contribution in [1.29, 1.82) is 0 Å². The van der Waals surface area contributed by atoms with Gasteiger partial charge in [0.25, 0.3) is 11.6 Å².